The van der Waals surface area contributed by atoms with Gasteiger partial charge in [0, 0.05) is 13.0 Å². The van der Waals surface area contributed by atoms with Crippen LogP contribution in [0.15, 0.2) is 24.3 Å². The molecule has 0 aliphatic carbocycles. The van der Waals surface area contributed by atoms with E-state index in [0.717, 1.165) is 31.5 Å². The summed E-state index contributed by atoms with van der Waals surface area (Å²) in [4.78, 5) is 11.8. The Morgan fingerprint density at radius 2 is 2.00 bits per heavy atom. The van der Waals surface area contributed by atoms with E-state index in [1.807, 2.05) is 12.1 Å². The minimum absolute atomic E-state index is 0.122. The number of amides is 1. The third-order valence-corrected chi connectivity index (χ3v) is 3.51. The van der Waals surface area contributed by atoms with Crippen LogP contribution in [0.2, 0.25) is 0 Å². The highest BCUT2D eigenvalue weighted by Gasteiger charge is 2.16. The van der Waals surface area contributed by atoms with Gasteiger partial charge in [0.15, 0.2) is 0 Å². The zero-order valence-corrected chi connectivity index (χ0v) is 11.0. The van der Waals surface area contributed by atoms with Crippen LogP contribution in [0.5, 0.6) is 0 Å². The van der Waals surface area contributed by atoms with Gasteiger partial charge in [-0.1, -0.05) is 12.1 Å². The topological polar surface area (TPSA) is 64.9 Å². The maximum Gasteiger partial charge on any atom is 0.220 e. The molecule has 0 saturated carbocycles. The molecular weight excluding hydrogens is 238 g/mol. The van der Waals surface area contributed by atoms with E-state index in [2.05, 4.69) is 16.7 Å². The van der Waals surface area contributed by atoms with Crippen molar-refractivity contribution in [3.05, 3.63) is 35.4 Å². The standard InChI is InChI=1S/C15H19N3O/c16-10-13-1-3-14(4-2-13)11-18-15(19)9-12-5-7-17-8-6-12/h1-4,12,17H,5-9,11H2,(H,18,19). The summed E-state index contributed by atoms with van der Waals surface area (Å²) in [6.07, 6.45) is 2.80. The number of carbonyl (C=O) groups excluding carboxylic acids is 1. The number of benzene rings is 1. The normalized spacial score (nSPS) is 15.7. The Morgan fingerprint density at radius 3 is 2.63 bits per heavy atom. The Morgan fingerprint density at radius 1 is 1.32 bits per heavy atom. The molecule has 1 aromatic rings. The van der Waals surface area contributed by atoms with Gasteiger partial charge in [-0.25, -0.2) is 0 Å². The summed E-state index contributed by atoms with van der Waals surface area (Å²) < 4.78 is 0. The summed E-state index contributed by atoms with van der Waals surface area (Å²) in [7, 11) is 0. The minimum Gasteiger partial charge on any atom is -0.352 e. The fourth-order valence-electron chi connectivity index (χ4n) is 2.32. The second-order valence-electron chi connectivity index (χ2n) is 4.98. The van der Waals surface area contributed by atoms with Gasteiger partial charge in [-0.2, -0.15) is 5.26 Å². The SMILES string of the molecule is N#Cc1ccc(CNC(=O)CC2CCNCC2)cc1. The van der Waals surface area contributed by atoms with E-state index in [1.165, 1.54) is 0 Å². The zero-order valence-electron chi connectivity index (χ0n) is 11.0. The van der Waals surface area contributed by atoms with Gasteiger partial charge < -0.3 is 10.6 Å². The Bertz CT molecular complexity index is 455. The second-order valence-corrected chi connectivity index (χ2v) is 4.98. The first-order valence-corrected chi connectivity index (χ1v) is 6.74. The first-order valence-electron chi connectivity index (χ1n) is 6.74. The molecule has 0 bridgehead atoms. The molecule has 1 aliphatic rings. The van der Waals surface area contributed by atoms with Crippen LogP contribution in [-0.2, 0) is 11.3 Å². The van der Waals surface area contributed by atoms with E-state index in [-0.39, 0.29) is 5.91 Å². The van der Waals surface area contributed by atoms with E-state index in [1.54, 1.807) is 12.1 Å². The Balaban J connectivity index is 1.74. The Labute approximate surface area is 113 Å². The fourth-order valence-corrected chi connectivity index (χ4v) is 2.32. The first kappa shape index (κ1) is 13.6. The predicted octanol–water partition coefficient (Wildman–Crippen LogP) is 1.56. The molecule has 0 radical (unpaired) electrons. The molecule has 1 aromatic carbocycles. The van der Waals surface area contributed by atoms with E-state index in [0.29, 0.717) is 24.4 Å². The summed E-state index contributed by atoms with van der Waals surface area (Å²) in [5, 5.41) is 14.9. The number of hydrogen-bond acceptors (Lipinski definition) is 3. The van der Waals surface area contributed by atoms with Gasteiger partial charge in [0.25, 0.3) is 0 Å². The van der Waals surface area contributed by atoms with E-state index >= 15 is 0 Å². The van der Waals surface area contributed by atoms with Crippen molar-refractivity contribution in [1.29, 1.82) is 5.26 Å². The minimum atomic E-state index is 0.122. The van der Waals surface area contributed by atoms with E-state index < -0.39 is 0 Å². The van der Waals surface area contributed by atoms with Crippen LogP contribution in [0.4, 0.5) is 0 Å². The van der Waals surface area contributed by atoms with Crippen molar-refractivity contribution in [2.24, 2.45) is 5.92 Å². The van der Waals surface area contributed by atoms with Gasteiger partial charge in [0.05, 0.1) is 11.6 Å². The van der Waals surface area contributed by atoms with Crippen molar-refractivity contribution in [3.63, 3.8) is 0 Å². The highest BCUT2D eigenvalue weighted by Crippen LogP contribution is 2.15. The Kier molecular flexibility index (Phi) is 4.93. The van der Waals surface area contributed by atoms with Crippen LogP contribution >= 0.6 is 0 Å². The molecule has 2 N–H and O–H groups in total. The summed E-state index contributed by atoms with van der Waals surface area (Å²) in [5.41, 5.74) is 1.67. The number of nitrogens with one attached hydrogen (secondary N) is 2. The molecule has 1 fully saturated rings. The van der Waals surface area contributed by atoms with Crippen molar-refractivity contribution in [2.45, 2.75) is 25.8 Å². The predicted molar refractivity (Wildman–Crippen MR) is 73.2 cm³/mol. The fraction of sp³-hybridized carbons (Fsp3) is 0.467. The van der Waals surface area contributed by atoms with Gasteiger partial charge >= 0.3 is 0 Å². The molecule has 0 aromatic heterocycles. The van der Waals surface area contributed by atoms with Gasteiger partial charge in [0.1, 0.15) is 0 Å². The van der Waals surface area contributed by atoms with Crippen molar-refractivity contribution in [2.75, 3.05) is 13.1 Å². The maximum atomic E-state index is 11.8. The lowest BCUT2D eigenvalue weighted by Crippen LogP contribution is -2.32. The van der Waals surface area contributed by atoms with Crippen LogP contribution in [0.1, 0.15) is 30.4 Å². The molecule has 0 unspecified atom stereocenters. The number of piperidine rings is 1. The van der Waals surface area contributed by atoms with Gasteiger partial charge in [-0.3, -0.25) is 4.79 Å². The smallest absolute Gasteiger partial charge is 0.220 e. The molecular formula is C15H19N3O. The summed E-state index contributed by atoms with van der Waals surface area (Å²) in [6, 6.07) is 9.38. The lowest BCUT2D eigenvalue weighted by Gasteiger charge is -2.21. The van der Waals surface area contributed by atoms with Crippen LogP contribution in [-0.4, -0.2) is 19.0 Å². The van der Waals surface area contributed by atoms with Crippen LogP contribution in [0, 0.1) is 17.2 Å². The number of nitrogens with zero attached hydrogens (tertiary/aromatic N) is 1. The number of rotatable bonds is 4. The molecule has 1 amide bonds. The third kappa shape index (κ3) is 4.38. The van der Waals surface area contributed by atoms with Crippen LogP contribution in [0.3, 0.4) is 0 Å². The van der Waals surface area contributed by atoms with Crippen molar-refractivity contribution in [3.8, 4) is 6.07 Å². The quantitative estimate of drug-likeness (QED) is 0.860. The summed E-state index contributed by atoms with van der Waals surface area (Å²) in [5.74, 6) is 0.637. The monoisotopic (exact) mass is 257 g/mol. The number of nitriles is 1. The summed E-state index contributed by atoms with van der Waals surface area (Å²) >= 11 is 0. The van der Waals surface area contributed by atoms with Crippen molar-refractivity contribution in [1.82, 2.24) is 10.6 Å². The maximum absolute atomic E-state index is 11.8. The van der Waals surface area contributed by atoms with Crippen molar-refractivity contribution >= 4 is 5.91 Å². The van der Waals surface area contributed by atoms with E-state index in [9.17, 15) is 4.79 Å². The second kappa shape index (κ2) is 6.91. The molecule has 100 valence electrons. The molecule has 0 atom stereocenters. The molecule has 1 heterocycles. The average Bonchev–Trinajstić information content (AvgIpc) is 2.47. The molecule has 1 saturated heterocycles. The molecule has 19 heavy (non-hydrogen) atoms. The molecule has 2 rings (SSSR count). The third-order valence-electron chi connectivity index (χ3n) is 3.51. The van der Waals surface area contributed by atoms with Crippen molar-refractivity contribution < 1.29 is 4.79 Å². The lowest BCUT2D eigenvalue weighted by molar-refractivity contribution is -0.122. The van der Waals surface area contributed by atoms with E-state index in [4.69, 9.17) is 5.26 Å². The largest absolute Gasteiger partial charge is 0.352 e. The first-order chi connectivity index (χ1) is 9.28. The summed E-state index contributed by atoms with van der Waals surface area (Å²) in [6.45, 7) is 2.58. The number of carbonyl (C=O) groups is 1. The molecule has 4 heteroatoms. The average molecular weight is 257 g/mol. The number of hydrogen-bond donors (Lipinski definition) is 2. The highest BCUT2D eigenvalue weighted by molar-refractivity contribution is 5.76. The van der Waals surface area contributed by atoms with Crippen LogP contribution < -0.4 is 10.6 Å². The zero-order chi connectivity index (χ0) is 13.5. The highest BCUT2D eigenvalue weighted by atomic mass is 16.1. The van der Waals surface area contributed by atoms with Crippen LogP contribution in [0.25, 0.3) is 0 Å². The van der Waals surface area contributed by atoms with Gasteiger partial charge in [-0.15, -0.1) is 0 Å². The molecule has 1 aliphatic heterocycles. The van der Waals surface area contributed by atoms with Gasteiger partial charge in [0.2, 0.25) is 5.91 Å². The van der Waals surface area contributed by atoms with Gasteiger partial charge in [-0.05, 0) is 49.5 Å². The lowest BCUT2D eigenvalue weighted by atomic mass is 9.94. The molecule has 4 nitrogen and oxygen atoms in total. The molecule has 0 spiro atoms. The Hall–Kier alpha value is -1.86.